The fourth-order valence-corrected chi connectivity index (χ4v) is 12.7. The minimum atomic E-state index is -1.26. The van der Waals surface area contributed by atoms with Gasteiger partial charge in [0, 0.05) is 48.6 Å². The summed E-state index contributed by atoms with van der Waals surface area (Å²) in [5, 5.41) is 19.4. The minimum absolute atomic E-state index is 0.0356. The number of thiophene rings is 1. The van der Waals surface area contributed by atoms with Gasteiger partial charge in [0.05, 0.1) is 0 Å². The molecule has 6 aromatic rings. The molecule has 0 saturated carbocycles. The molecule has 72 heavy (non-hydrogen) atoms. The van der Waals surface area contributed by atoms with E-state index in [4.69, 9.17) is 4.74 Å². The van der Waals surface area contributed by atoms with E-state index < -0.39 is 11.4 Å². The van der Waals surface area contributed by atoms with Gasteiger partial charge in [0.25, 0.3) is 0 Å². The number of unbranched alkanes of at least 4 members (excludes halogenated alkanes) is 4. The van der Waals surface area contributed by atoms with E-state index in [0.29, 0.717) is 17.1 Å². The van der Waals surface area contributed by atoms with Crippen LogP contribution in [0.15, 0.2) is 162 Å². The predicted molar refractivity (Wildman–Crippen MR) is 301 cm³/mol. The number of carboxylic acid groups (broad SMARTS) is 1. The van der Waals surface area contributed by atoms with Gasteiger partial charge in [0.1, 0.15) is 23.2 Å². The van der Waals surface area contributed by atoms with Crippen molar-refractivity contribution in [2.75, 3.05) is 4.90 Å². The van der Waals surface area contributed by atoms with Crippen molar-refractivity contribution in [3.05, 3.63) is 189 Å². The van der Waals surface area contributed by atoms with Gasteiger partial charge >= 0.3 is 5.97 Å². The first-order chi connectivity index (χ1) is 34.9. The third-order valence-corrected chi connectivity index (χ3v) is 16.6. The summed E-state index contributed by atoms with van der Waals surface area (Å²) in [6.07, 6.45) is 21.1. The second kappa shape index (κ2) is 21.2. The molecule has 1 aliphatic heterocycles. The number of fused-ring (bicyclic) bond motifs is 6. The van der Waals surface area contributed by atoms with Crippen LogP contribution in [0.2, 0.25) is 0 Å². The van der Waals surface area contributed by atoms with Crippen LogP contribution in [-0.2, 0) is 20.4 Å². The lowest BCUT2D eigenvalue weighted by molar-refractivity contribution is -0.132. The number of anilines is 3. The number of benzene rings is 5. The molecule has 0 unspecified atom stereocenters. The van der Waals surface area contributed by atoms with E-state index in [0.717, 1.165) is 46.7 Å². The highest BCUT2D eigenvalue weighted by molar-refractivity contribution is 7.16. The van der Waals surface area contributed by atoms with Gasteiger partial charge in [-0.25, -0.2) is 4.79 Å². The number of carboxylic acids is 1. The highest BCUT2D eigenvalue weighted by atomic mass is 32.1. The summed E-state index contributed by atoms with van der Waals surface area (Å²) in [6.45, 7) is 15.3. The Bertz CT molecular complexity index is 3010. The number of hydrogen-bond acceptors (Lipinski definition) is 5. The van der Waals surface area contributed by atoms with Crippen molar-refractivity contribution < 1.29 is 14.6 Å². The third kappa shape index (κ3) is 9.45. The average molecular weight is 971 g/mol. The van der Waals surface area contributed by atoms with Crippen molar-refractivity contribution in [1.82, 2.24) is 0 Å². The van der Waals surface area contributed by atoms with Crippen molar-refractivity contribution in [2.24, 2.45) is 5.41 Å². The van der Waals surface area contributed by atoms with E-state index in [1.807, 2.05) is 39.0 Å². The van der Waals surface area contributed by atoms with Crippen molar-refractivity contribution in [3.63, 3.8) is 0 Å². The van der Waals surface area contributed by atoms with Gasteiger partial charge in [0.2, 0.25) is 0 Å². The highest BCUT2D eigenvalue weighted by Gasteiger charge is 2.44. The molecule has 3 aliphatic rings. The van der Waals surface area contributed by atoms with Crippen LogP contribution in [0.4, 0.5) is 17.1 Å². The summed E-state index contributed by atoms with van der Waals surface area (Å²) in [5.74, 6) is -0.174. The van der Waals surface area contributed by atoms with E-state index in [9.17, 15) is 15.2 Å². The van der Waals surface area contributed by atoms with Crippen LogP contribution in [0, 0.1) is 16.7 Å². The second-order valence-electron chi connectivity index (χ2n) is 21.2. The highest BCUT2D eigenvalue weighted by Crippen LogP contribution is 2.58. The van der Waals surface area contributed by atoms with Crippen LogP contribution in [0.1, 0.15) is 153 Å². The van der Waals surface area contributed by atoms with Gasteiger partial charge < -0.3 is 14.7 Å². The summed E-state index contributed by atoms with van der Waals surface area (Å²) >= 11 is 1.69. The maximum absolute atomic E-state index is 11.9. The maximum atomic E-state index is 11.9. The predicted octanol–water partition coefficient (Wildman–Crippen LogP) is 18.9. The number of nitriles is 1. The van der Waals surface area contributed by atoms with Crippen LogP contribution in [0.5, 0.6) is 0 Å². The van der Waals surface area contributed by atoms with Crippen LogP contribution in [0.25, 0.3) is 38.8 Å². The number of carbonyl (C=O) groups is 1. The average Bonchev–Trinajstić information content (AvgIpc) is 4.06. The Kier molecular flexibility index (Phi) is 14.8. The van der Waals surface area contributed by atoms with E-state index in [1.54, 1.807) is 23.5 Å². The van der Waals surface area contributed by atoms with Crippen molar-refractivity contribution in [2.45, 2.75) is 136 Å². The molecular formula is C66H70N2O3S. The number of nitrogens with zero attached hydrogens (tertiary/aromatic N) is 2. The van der Waals surface area contributed by atoms with Crippen molar-refractivity contribution >= 4 is 40.4 Å². The number of hydrogen-bond donors (Lipinski definition) is 1. The first-order valence-corrected chi connectivity index (χ1v) is 27.4. The second-order valence-corrected chi connectivity index (χ2v) is 22.3. The topological polar surface area (TPSA) is 73.6 Å². The fraction of sp³-hybridized carbons (Fsp3) is 0.333. The third-order valence-electron chi connectivity index (χ3n) is 15.5. The monoisotopic (exact) mass is 971 g/mol. The zero-order valence-electron chi connectivity index (χ0n) is 43.4. The molecule has 0 fully saturated rings. The van der Waals surface area contributed by atoms with Gasteiger partial charge in [-0.2, -0.15) is 5.26 Å². The SMILES string of the molecule is CCCCC1(CCCC)c2ccccc2-c2ccc(N(c3ccc(-c4ccc(/C=C/C5=CC(=C(\C#N)C(=O)O)/C=C(C(C)(C)C)O5)s4)cc3)c3ccc4c(c3)C(CCCC)(CCCC)c3ccccc3-4)cc21. The molecule has 1 aromatic heterocycles. The molecule has 0 spiro atoms. The molecule has 1 N–H and O–H groups in total. The molecule has 5 nitrogen and oxygen atoms in total. The molecule has 0 radical (unpaired) electrons. The summed E-state index contributed by atoms with van der Waals surface area (Å²) in [4.78, 5) is 16.6. The Hall–Kier alpha value is -6.68. The first-order valence-electron chi connectivity index (χ1n) is 26.6. The minimum Gasteiger partial charge on any atom is -0.477 e. The number of rotatable bonds is 19. The zero-order valence-corrected chi connectivity index (χ0v) is 44.2. The molecule has 0 atom stereocenters. The van der Waals surface area contributed by atoms with Crippen LogP contribution in [0.3, 0.4) is 0 Å². The lowest BCUT2D eigenvalue weighted by atomic mass is 9.70. The molecule has 2 aliphatic carbocycles. The first kappa shape index (κ1) is 50.3. The van der Waals surface area contributed by atoms with Gasteiger partial charge in [-0.15, -0.1) is 11.3 Å². The molecule has 9 rings (SSSR count). The standard InChI is InChI=1S/C66H70N2O3S/c1-8-12-36-65(37-13-9-2)57-22-18-16-20-52(57)54-33-28-48(42-59(54)65)68(49-29-34-55-53-21-17-19-23-58(53)66(38-14-10-3,39-15-11-4)60(55)43-49)47-26-24-45(25-27-47)61-35-32-51(72-61)31-30-50-40-46(56(44-67)63(69)70)41-62(71-50)64(5,6)7/h16-35,40-43H,8-15,36-39H2,1-7H3,(H,69,70)/b31-30+,56-46-. The molecule has 0 amide bonds. The van der Waals surface area contributed by atoms with E-state index in [2.05, 4.69) is 154 Å². The van der Waals surface area contributed by atoms with Crippen LogP contribution in [-0.4, -0.2) is 11.1 Å². The number of aliphatic carboxylic acids is 1. The summed E-state index contributed by atoms with van der Waals surface area (Å²) in [6, 6.07) is 48.4. The molecule has 6 heteroatoms. The summed E-state index contributed by atoms with van der Waals surface area (Å²) < 4.78 is 6.25. The maximum Gasteiger partial charge on any atom is 0.347 e. The molecule has 5 aromatic carbocycles. The van der Waals surface area contributed by atoms with Gasteiger partial charge in [-0.3, -0.25) is 0 Å². The number of ether oxygens (including phenoxy) is 1. The summed E-state index contributed by atoms with van der Waals surface area (Å²) in [5.41, 5.74) is 15.6. The van der Waals surface area contributed by atoms with Crippen LogP contribution < -0.4 is 4.90 Å². The fourth-order valence-electron chi connectivity index (χ4n) is 11.7. The Morgan fingerprint density at radius 3 is 1.58 bits per heavy atom. The Balaban J connectivity index is 1.13. The molecule has 0 bridgehead atoms. The lowest BCUT2D eigenvalue weighted by Gasteiger charge is -2.35. The normalized spacial score (nSPS) is 15.7. The van der Waals surface area contributed by atoms with E-state index in [1.165, 1.54) is 107 Å². The molecular weight excluding hydrogens is 901 g/mol. The number of allylic oxidation sites excluding steroid dienone is 5. The summed E-state index contributed by atoms with van der Waals surface area (Å²) in [7, 11) is 0. The molecule has 2 heterocycles. The Morgan fingerprint density at radius 2 is 1.11 bits per heavy atom. The largest absolute Gasteiger partial charge is 0.477 e. The van der Waals surface area contributed by atoms with Crippen molar-refractivity contribution in [1.29, 1.82) is 5.26 Å². The Morgan fingerprint density at radius 1 is 0.625 bits per heavy atom. The quantitative estimate of drug-likeness (QED) is 0.0647. The zero-order chi connectivity index (χ0) is 50.6. The van der Waals surface area contributed by atoms with Gasteiger partial charge in [-0.1, -0.05) is 173 Å². The van der Waals surface area contributed by atoms with Crippen molar-refractivity contribution in [3.8, 4) is 38.8 Å². The van der Waals surface area contributed by atoms with E-state index in [-0.39, 0.29) is 16.4 Å². The molecule has 0 saturated heterocycles. The Labute approximate surface area is 432 Å². The van der Waals surface area contributed by atoms with Crippen LogP contribution >= 0.6 is 11.3 Å². The van der Waals surface area contributed by atoms with Gasteiger partial charge in [-0.05, 0) is 149 Å². The van der Waals surface area contributed by atoms with E-state index >= 15 is 0 Å². The molecule has 368 valence electrons. The lowest BCUT2D eigenvalue weighted by Crippen LogP contribution is -2.26. The van der Waals surface area contributed by atoms with Gasteiger partial charge in [0.15, 0.2) is 0 Å². The smallest absolute Gasteiger partial charge is 0.347 e.